The maximum atomic E-state index is 12.9. The van der Waals surface area contributed by atoms with Crippen LogP contribution in [0.4, 0.5) is 4.79 Å². The van der Waals surface area contributed by atoms with Gasteiger partial charge in [0.05, 0.1) is 0 Å². The Morgan fingerprint density at radius 2 is 2.14 bits per heavy atom. The average Bonchev–Trinajstić information content (AvgIpc) is 3.11. The summed E-state index contributed by atoms with van der Waals surface area (Å²) in [4.78, 5) is 29.2. The van der Waals surface area contributed by atoms with Gasteiger partial charge in [-0.2, -0.15) is 16.9 Å². The lowest BCUT2D eigenvalue weighted by molar-refractivity contribution is -0.124. The predicted molar refractivity (Wildman–Crippen MR) is 110 cm³/mol. The van der Waals surface area contributed by atoms with Crippen LogP contribution < -0.4 is 10.6 Å². The van der Waals surface area contributed by atoms with Gasteiger partial charge in [0, 0.05) is 11.3 Å². The first-order chi connectivity index (χ1) is 13.3. The van der Waals surface area contributed by atoms with Crippen molar-refractivity contribution in [1.29, 1.82) is 0 Å². The van der Waals surface area contributed by atoms with Crippen LogP contribution in [-0.2, 0) is 9.53 Å². The molecule has 0 radical (unpaired) electrons. The maximum absolute atomic E-state index is 12.9. The van der Waals surface area contributed by atoms with E-state index in [2.05, 4.69) is 25.8 Å². The molecule has 2 saturated carbocycles. The van der Waals surface area contributed by atoms with Crippen LogP contribution in [0, 0.1) is 11.8 Å². The monoisotopic (exact) mass is 427 g/mol. The number of hydrogen-bond acceptors (Lipinski definition) is 7. The summed E-state index contributed by atoms with van der Waals surface area (Å²) in [6.45, 7) is 5.42. The number of ether oxygens (including phenoxy) is 1. The van der Waals surface area contributed by atoms with Crippen LogP contribution in [-0.4, -0.2) is 62.1 Å². The molecule has 2 aliphatic carbocycles. The Bertz CT molecular complexity index is 679. The number of amides is 2. The molecule has 0 aliphatic heterocycles. The van der Waals surface area contributed by atoms with E-state index in [1.54, 1.807) is 23.5 Å². The molecule has 3 rings (SSSR count). The van der Waals surface area contributed by atoms with Crippen molar-refractivity contribution < 1.29 is 14.3 Å². The molecule has 2 aliphatic rings. The highest BCUT2D eigenvalue weighted by atomic mass is 32.2. The van der Waals surface area contributed by atoms with E-state index in [4.69, 9.17) is 4.74 Å². The molecule has 1 heterocycles. The van der Waals surface area contributed by atoms with Crippen molar-refractivity contribution in [2.45, 2.75) is 68.1 Å². The zero-order chi connectivity index (χ0) is 20.3. The minimum absolute atomic E-state index is 0.124. The average molecular weight is 428 g/mol. The van der Waals surface area contributed by atoms with E-state index < -0.39 is 17.7 Å². The van der Waals surface area contributed by atoms with Gasteiger partial charge in [-0.1, -0.05) is 11.8 Å². The highest BCUT2D eigenvalue weighted by Gasteiger charge is 2.55. The number of nitrogens with one attached hydrogen (secondary N) is 3. The van der Waals surface area contributed by atoms with Crippen LogP contribution >= 0.6 is 23.5 Å². The molecule has 0 aromatic carbocycles. The van der Waals surface area contributed by atoms with Gasteiger partial charge >= 0.3 is 6.09 Å². The summed E-state index contributed by atoms with van der Waals surface area (Å²) in [6.07, 6.45) is 5.56. The zero-order valence-corrected chi connectivity index (χ0v) is 18.4. The van der Waals surface area contributed by atoms with Gasteiger partial charge in [-0.05, 0) is 63.9 Å². The molecule has 2 amide bonds. The van der Waals surface area contributed by atoms with E-state index >= 15 is 0 Å². The SMILES string of the molecule is CSCC[C@H](NC(=O)OC(C)(C)C)C(=O)N[C@H]1C[C@@H](Sc2ncn[nH]2)[C@@H]2C[C@H]21. The molecule has 3 N–H and O–H groups in total. The fourth-order valence-corrected chi connectivity index (χ4v) is 5.42. The molecule has 8 nitrogen and oxygen atoms in total. The molecule has 0 saturated heterocycles. The third-order valence-corrected chi connectivity index (χ3v) is 6.88. The van der Waals surface area contributed by atoms with E-state index in [1.807, 2.05) is 27.0 Å². The standard InChI is InChI=1S/C18H29N5O3S2/c1-18(2,3)26-17(25)22-12(5-6-27-4)15(24)21-13-8-14(11-7-10(11)13)28-16-19-9-20-23-16/h9-14H,5-8H2,1-4H3,(H,21,24)(H,22,25)(H,19,20,23)/t10-,11-,12+,13+,14-/m1/s1. The number of alkyl carbamates (subject to hydrolysis) is 1. The number of H-pyrrole nitrogens is 1. The van der Waals surface area contributed by atoms with Crippen LogP contribution in [0.15, 0.2) is 11.5 Å². The van der Waals surface area contributed by atoms with Gasteiger partial charge in [-0.25, -0.2) is 9.78 Å². The van der Waals surface area contributed by atoms with Crippen molar-refractivity contribution >= 4 is 35.5 Å². The quantitative estimate of drug-likeness (QED) is 0.584. The molecule has 2 fully saturated rings. The Balaban J connectivity index is 1.54. The fourth-order valence-electron chi connectivity index (χ4n) is 3.66. The van der Waals surface area contributed by atoms with Crippen LogP contribution in [0.1, 0.15) is 40.0 Å². The molecule has 156 valence electrons. The summed E-state index contributed by atoms with van der Waals surface area (Å²) in [6, 6.07) is -0.435. The van der Waals surface area contributed by atoms with Crippen LogP contribution in [0.3, 0.4) is 0 Å². The summed E-state index contributed by atoms with van der Waals surface area (Å²) in [7, 11) is 0. The fraction of sp³-hybridized carbons (Fsp3) is 0.778. The van der Waals surface area contributed by atoms with Gasteiger partial charge in [0.1, 0.15) is 18.0 Å². The lowest BCUT2D eigenvalue weighted by Crippen LogP contribution is -2.51. The maximum Gasteiger partial charge on any atom is 0.408 e. The van der Waals surface area contributed by atoms with Crippen LogP contribution in [0.2, 0.25) is 0 Å². The Kier molecular flexibility index (Phi) is 6.80. The van der Waals surface area contributed by atoms with Gasteiger partial charge < -0.3 is 15.4 Å². The van der Waals surface area contributed by atoms with Crippen molar-refractivity contribution in [1.82, 2.24) is 25.8 Å². The van der Waals surface area contributed by atoms with Crippen molar-refractivity contribution in [3.05, 3.63) is 6.33 Å². The second-order valence-corrected chi connectivity index (χ2v) is 10.6. The molecule has 1 aromatic heterocycles. The number of rotatable bonds is 8. The highest BCUT2D eigenvalue weighted by Crippen LogP contribution is 2.56. The molecule has 10 heteroatoms. The minimum atomic E-state index is -0.595. The predicted octanol–water partition coefficient (Wildman–Crippen LogP) is 2.44. The normalized spacial score (nSPS) is 27.0. The van der Waals surface area contributed by atoms with E-state index in [9.17, 15) is 9.59 Å². The molecule has 0 unspecified atom stereocenters. The van der Waals surface area contributed by atoms with Crippen molar-refractivity contribution in [2.75, 3.05) is 12.0 Å². The van der Waals surface area contributed by atoms with Crippen molar-refractivity contribution in [2.24, 2.45) is 11.8 Å². The third kappa shape index (κ3) is 5.79. The zero-order valence-electron chi connectivity index (χ0n) is 16.7. The summed E-state index contributed by atoms with van der Waals surface area (Å²) < 4.78 is 5.32. The van der Waals surface area contributed by atoms with E-state index in [0.717, 1.165) is 23.8 Å². The molecular formula is C18H29N5O3S2. The number of carbonyl (C=O) groups excluding carboxylic acids is 2. The Morgan fingerprint density at radius 1 is 1.36 bits per heavy atom. The third-order valence-electron chi connectivity index (χ3n) is 4.97. The number of hydrogen-bond donors (Lipinski definition) is 3. The topological polar surface area (TPSA) is 109 Å². The highest BCUT2D eigenvalue weighted by molar-refractivity contribution is 7.99. The molecular weight excluding hydrogens is 398 g/mol. The summed E-state index contributed by atoms with van der Waals surface area (Å²) in [5.74, 6) is 1.80. The van der Waals surface area contributed by atoms with E-state index in [0.29, 0.717) is 23.5 Å². The first-order valence-corrected chi connectivity index (χ1v) is 11.8. The van der Waals surface area contributed by atoms with Crippen molar-refractivity contribution in [3.63, 3.8) is 0 Å². The largest absolute Gasteiger partial charge is 0.444 e. The number of nitrogens with zero attached hydrogens (tertiary/aromatic N) is 2. The van der Waals surface area contributed by atoms with Crippen molar-refractivity contribution in [3.8, 4) is 0 Å². The molecule has 0 bridgehead atoms. The number of fused-ring (bicyclic) bond motifs is 1. The lowest BCUT2D eigenvalue weighted by Gasteiger charge is -2.25. The van der Waals surface area contributed by atoms with Gasteiger partial charge in [0.2, 0.25) is 5.91 Å². The summed E-state index contributed by atoms with van der Waals surface area (Å²) in [5.41, 5.74) is -0.595. The number of aromatic nitrogens is 3. The molecule has 1 aromatic rings. The number of aromatic amines is 1. The summed E-state index contributed by atoms with van der Waals surface area (Å²) in [5, 5.41) is 14.0. The van der Waals surface area contributed by atoms with E-state index in [1.165, 1.54) is 6.33 Å². The summed E-state index contributed by atoms with van der Waals surface area (Å²) >= 11 is 3.35. The van der Waals surface area contributed by atoms with Crippen LogP contribution in [0.5, 0.6) is 0 Å². The minimum Gasteiger partial charge on any atom is -0.444 e. The first-order valence-electron chi connectivity index (χ1n) is 9.57. The lowest BCUT2D eigenvalue weighted by atomic mass is 10.1. The number of carbonyl (C=O) groups is 2. The van der Waals surface area contributed by atoms with Gasteiger partial charge in [-0.15, -0.1) is 0 Å². The van der Waals surface area contributed by atoms with Crippen LogP contribution in [0.25, 0.3) is 0 Å². The molecule has 5 atom stereocenters. The first kappa shape index (κ1) is 21.3. The Hall–Kier alpha value is -1.42. The van der Waals surface area contributed by atoms with Gasteiger partial charge in [0.15, 0.2) is 5.16 Å². The Labute approximate surface area is 174 Å². The molecule has 28 heavy (non-hydrogen) atoms. The number of thioether (sulfide) groups is 2. The Morgan fingerprint density at radius 3 is 2.79 bits per heavy atom. The van der Waals surface area contributed by atoms with Gasteiger partial charge in [-0.3, -0.25) is 9.89 Å². The van der Waals surface area contributed by atoms with E-state index in [-0.39, 0.29) is 11.9 Å². The second kappa shape index (κ2) is 8.94. The van der Waals surface area contributed by atoms with Gasteiger partial charge in [0.25, 0.3) is 0 Å². The molecule has 0 spiro atoms. The smallest absolute Gasteiger partial charge is 0.408 e. The second-order valence-electron chi connectivity index (χ2n) is 8.34.